The molecule has 1 aromatic carbocycles. The first-order chi connectivity index (χ1) is 14.9. The zero-order chi connectivity index (χ0) is 22.0. The number of carbonyl (C=O) groups excluding carboxylic acids is 1. The van der Waals surface area contributed by atoms with Crippen LogP contribution in [-0.2, 0) is 11.2 Å². The lowest BCUT2D eigenvalue weighted by Crippen LogP contribution is -2.49. The molecular formula is C26H32FNO3. The predicted octanol–water partition coefficient (Wildman–Crippen LogP) is 5.89. The van der Waals surface area contributed by atoms with Crippen LogP contribution < -0.4 is 4.74 Å². The average Bonchev–Trinajstić information content (AvgIpc) is 2.95. The summed E-state index contributed by atoms with van der Waals surface area (Å²) in [6.07, 6.45) is 9.86. The van der Waals surface area contributed by atoms with Gasteiger partial charge in [0, 0.05) is 31.5 Å². The summed E-state index contributed by atoms with van der Waals surface area (Å²) in [4.78, 5) is 15.1. The monoisotopic (exact) mass is 425 g/mol. The van der Waals surface area contributed by atoms with E-state index in [1.54, 1.807) is 12.2 Å². The molecule has 3 aliphatic rings. The number of halogens is 1. The van der Waals surface area contributed by atoms with Gasteiger partial charge in [-0.15, -0.1) is 0 Å². The van der Waals surface area contributed by atoms with Gasteiger partial charge in [-0.3, -0.25) is 4.79 Å². The highest BCUT2D eigenvalue weighted by Gasteiger charge is 2.41. The number of piperidine rings is 1. The van der Waals surface area contributed by atoms with Crippen molar-refractivity contribution in [3.8, 4) is 5.75 Å². The Kier molecular flexibility index (Phi) is 6.22. The predicted molar refractivity (Wildman–Crippen MR) is 120 cm³/mol. The minimum absolute atomic E-state index is 0.0667. The maximum absolute atomic E-state index is 13.6. The Morgan fingerprint density at radius 1 is 1.23 bits per heavy atom. The molecule has 4 nitrogen and oxygen atoms in total. The molecule has 4 rings (SSSR count). The van der Waals surface area contributed by atoms with Crippen LogP contribution in [-0.4, -0.2) is 35.6 Å². The van der Waals surface area contributed by atoms with E-state index >= 15 is 0 Å². The largest absolute Gasteiger partial charge is 0.491 e. The van der Waals surface area contributed by atoms with E-state index in [4.69, 9.17) is 9.47 Å². The Morgan fingerprint density at radius 2 is 2.00 bits per heavy atom. The van der Waals surface area contributed by atoms with Gasteiger partial charge in [-0.2, -0.15) is 0 Å². The van der Waals surface area contributed by atoms with Gasteiger partial charge >= 0.3 is 0 Å². The topological polar surface area (TPSA) is 38.8 Å². The van der Waals surface area contributed by atoms with E-state index in [0.717, 1.165) is 49.2 Å². The normalized spacial score (nSPS) is 20.3. The number of nitrogens with zero attached hydrogens (tertiary/aromatic N) is 1. The molecule has 1 aliphatic carbocycles. The molecule has 0 bridgehead atoms. The van der Waals surface area contributed by atoms with Gasteiger partial charge in [0.25, 0.3) is 5.91 Å². The molecule has 2 aliphatic heterocycles. The lowest BCUT2D eigenvalue weighted by Gasteiger charge is -2.45. The van der Waals surface area contributed by atoms with Crippen LogP contribution in [0.2, 0.25) is 0 Å². The third-order valence-corrected chi connectivity index (χ3v) is 6.51. The number of benzene rings is 1. The van der Waals surface area contributed by atoms with Crippen molar-refractivity contribution >= 4 is 5.91 Å². The molecule has 1 fully saturated rings. The first-order valence-electron chi connectivity index (χ1n) is 11.4. The van der Waals surface area contributed by atoms with Crippen LogP contribution in [0.1, 0.15) is 68.8 Å². The second-order valence-corrected chi connectivity index (χ2v) is 9.01. The summed E-state index contributed by atoms with van der Waals surface area (Å²) in [5.41, 5.74) is 2.70. The third kappa shape index (κ3) is 4.70. The zero-order valence-electron chi connectivity index (χ0n) is 18.7. The Morgan fingerprint density at radius 3 is 2.71 bits per heavy atom. The lowest BCUT2D eigenvalue weighted by atomic mass is 9.82. The van der Waals surface area contributed by atoms with Crippen molar-refractivity contribution in [1.29, 1.82) is 0 Å². The van der Waals surface area contributed by atoms with Crippen molar-refractivity contribution in [3.05, 3.63) is 64.7 Å². The van der Waals surface area contributed by atoms with Crippen molar-refractivity contribution < 1.29 is 18.7 Å². The summed E-state index contributed by atoms with van der Waals surface area (Å²) < 4.78 is 25.9. The van der Waals surface area contributed by atoms with Crippen molar-refractivity contribution in [2.45, 2.75) is 71.0 Å². The fourth-order valence-corrected chi connectivity index (χ4v) is 4.67. The van der Waals surface area contributed by atoms with Gasteiger partial charge in [-0.05, 0) is 87.1 Å². The molecule has 0 unspecified atom stereocenters. The summed E-state index contributed by atoms with van der Waals surface area (Å²) in [6, 6.07) is 5.76. The minimum atomic E-state index is -0.246. The molecule has 1 aromatic rings. The molecule has 1 amide bonds. The van der Waals surface area contributed by atoms with Gasteiger partial charge in [0.05, 0.1) is 6.10 Å². The summed E-state index contributed by atoms with van der Waals surface area (Å²) in [7, 11) is 0. The highest BCUT2D eigenvalue weighted by molar-refractivity contribution is 5.94. The average molecular weight is 426 g/mol. The van der Waals surface area contributed by atoms with Crippen molar-refractivity contribution in [2.24, 2.45) is 0 Å². The Labute approximate surface area is 184 Å². The molecule has 166 valence electrons. The maximum Gasteiger partial charge on any atom is 0.253 e. The molecule has 2 heterocycles. The fraction of sp³-hybridized carbons (Fsp3) is 0.500. The van der Waals surface area contributed by atoms with E-state index in [0.29, 0.717) is 25.1 Å². The molecule has 0 saturated carbocycles. The lowest BCUT2D eigenvalue weighted by molar-refractivity contribution is -0.0545. The molecule has 1 saturated heterocycles. The molecule has 0 aromatic heterocycles. The van der Waals surface area contributed by atoms with Crippen LogP contribution in [0.3, 0.4) is 0 Å². The van der Waals surface area contributed by atoms with Crippen LogP contribution in [0.25, 0.3) is 0 Å². The van der Waals surface area contributed by atoms with Gasteiger partial charge in [-0.1, -0.05) is 6.92 Å². The molecule has 0 N–H and O–H groups in total. The third-order valence-electron chi connectivity index (χ3n) is 6.51. The minimum Gasteiger partial charge on any atom is -0.491 e. The van der Waals surface area contributed by atoms with Crippen LogP contribution in [0.5, 0.6) is 5.75 Å². The molecular weight excluding hydrogens is 393 g/mol. The number of aryl methyl sites for hydroxylation is 1. The van der Waals surface area contributed by atoms with Crippen molar-refractivity contribution in [3.63, 3.8) is 0 Å². The number of carbonyl (C=O) groups is 1. The first-order valence-corrected chi connectivity index (χ1v) is 11.4. The molecule has 31 heavy (non-hydrogen) atoms. The smallest absolute Gasteiger partial charge is 0.253 e. The highest BCUT2D eigenvalue weighted by Crippen LogP contribution is 2.41. The number of amides is 1. The van der Waals surface area contributed by atoms with E-state index in [1.165, 1.54) is 11.6 Å². The number of hydrogen-bond donors (Lipinski definition) is 0. The quantitative estimate of drug-likeness (QED) is 0.604. The Balaban J connectivity index is 1.42. The summed E-state index contributed by atoms with van der Waals surface area (Å²) in [6.45, 7) is 7.43. The van der Waals surface area contributed by atoms with Crippen molar-refractivity contribution in [1.82, 2.24) is 4.90 Å². The van der Waals surface area contributed by atoms with E-state index in [1.807, 2.05) is 36.9 Å². The van der Waals surface area contributed by atoms with Crippen molar-refractivity contribution in [2.75, 3.05) is 13.1 Å². The molecule has 5 heteroatoms. The maximum atomic E-state index is 13.6. The van der Waals surface area contributed by atoms with Gasteiger partial charge in [0.2, 0.25) is 0 Å². The van der Waals surface area contributed by atoms with Crippen LogP contribution >= 0.6 is 0 Å². The highest BCUT2D eigenvalue weighted by atomic mass is 19.1. The molecule has 0 atom stereocenters. The van der Waals surface area contributed by atoms with Gasteiger partial charge < -0.3 is 14.4 Å². The van der Waals surface area contributed by atoms with Gasteiger partial charge in [0.1, 0.15) is 22.9 Å². The Hall–Kier alpha value is -2.56. The SMILES string of the molecule is CCc1cc(C(=O)N2CCC3(CCC4=C(C=CC(F)=CC4)O3)CC2)ccc1OC(C)C. The van der Waals surface area contributed by atoms with E-state index < -0.39 is 0 Å². The first kappa shape index (κ1) is 21.7. The number of likely N-dealkylation sites (tertiary alicyclic amines) is 1. The summed E-state index contributed by atoms with van der Waals surface area (Å²) >= 11 is 0. The van der Waals surface area contributed by atoms with Crippen LogP contribution in [0, 0.1) is 0 Å². The molecule has 0 radical (unpaired) electrons. The number of hydrogen-bond acceptors (Lipinski definition) is 3. The van der Waals surface area contributed by atoms with Crippen LogP contribution in [0.4, 0.5) is 4.39 Å². The standard InChI is InChI=1S/C26H32FNO3/c1-4-19-17-21(6-9-23(19)30-18(2)3)25(29)28-15-13-26(14-16-28)12-11-20-5-7-22(27)8-10-24(20)31-26/h6-10,17-18H,4-5,11-16H2,1-3H3. The van der Waals surface area contributed by atoms with E-state index in [9.17, 15) is 9.18 Å². The number of ether oxygens (including phenoxy) is 2. The summed E-state index contributed by atoms with van der Waals surface area (Å²) in [5.74, 6) is 1.54. The van der Waals surface area contributed by atoms with E-state index in [-0.39, 0.29) is 23.4 Å². The summed E-state index contributed by atoms with van der Waals surface area (Å²) in [5, 5.41) is 0. The zero-order valence-corrected chi connectivity index (χ0v) is 18.7. The second kappa shape index (κ2) is 8.89. The van der Waals surface area contributed by atoms with Gasteiger partial charge in [0.15, 0.2) is 0 Å². The van der Waals surface area contributed by atoms with Crippen LogP contribution in [0.15, 0.2) is 53.6 Å². The van der Waals surface area contributed by atoms with E-state index in [2.05, 4.69) is 6.92 Å². The second-order valence-electron chi connectivity index (χ2n) is 9.01. The van der Waals surface area contributed by atoms with Gasteiger partial charge in [-0.25, -0.2) is 4.39 Å². The number of allylic oxidation sites excluding steroid dienone is 5. The fourth-order valence-electron chi connectivity index (χ4n) is 4.67. The Bertz CT molecular complexity index is 936. The number of rotatable bonds is 4. The molecule has 1 spiro atoms.